The minimum absolute atomic E-state index is 0.298. The van der Waals surface area contributed by atoms with Crippen LogP contribution in [0.15, 0.2) is 79.1 Å². The van der Waals surface area contributed by atoms with E-state index in [4.69, 9.17) is 0 Å². The van der Waals surface area contributed by atoms with Crippen molar-refractivity contribution in [2.75, 3.05) is 0 Å². The Morgan fingerprint density at radius 3 is 2.57 bits per heavy atom. The van der Waals surface area contributed by atoms with Gasteiger partial charge in [0, 0.05) is 28.9 Å². The van der Waals surface area contributed by atoms with Crippen molar-refractivity contribution in [1.82, 2.24) is 15.3 Å². The van der Waals surface area contributed by atoms with E-state index in [2.05, 4.69) is 15.3 Å². The molecule has 5 heteroatoms. The number of benzene rings is 2. The van der Waals surface area contributed by atoms with E-state index >= 15 is 0 Å². The van der Waals surface area contributed by atoms with Crippen LogP contribution >= 0.6 is 0 Å². The minimum atomic E-state index is -0.478. The molecule has 1 atom stereocenters. The largest absolute Gasteiger partial charge is 0.345 e. The van der Waals surface area contributed by atoms with Gasteiger partial charge in [0.15, 0.2) is 0 Å². The van der Waals surface area contributed by atoms with Gasteiger partial charge in [-0.15, -0.1) is 0 Å². The zero-order valence-corrected chi connectivity index (χ0v) is 15.3. The van der Waals surface area contributed by atoms with Crippen LogP contribution in [0.25, 0.3) is 22.2 Å². The summed E-state index contributed by atoms with van der Waals surface area (Å²) < 4.78 is 14.1. The van der Waals surface area contributed by atoms with Gasteiger partial charge in [-0.25, -0.2) is 9.37 Å². The number of nitrogens with one attached hydrogen (secondary N) is 1. The third kappa shape index (κ3) is 3.47. The van der Waals surface area contributed by atoms with Gasteiger partial charge in [0.2, 0.25) is 0 Å². The first-order valence-corrected chi connectivity index (χ1v) is 8.99. The Kier molecular flexibility index (Phi) is 4.81. The van der Waals surface area contributed by atoms with Gasteiger partial charge in [-0.1, -0.05) is 48.5 Å². The van der Waals surface area contributed by atoms with Crippen molar-refractivity contribution < 1.29 is 9.18 Å². The molecule has 1 unspecified atom stereocenters. The van der Waals surface area contributed by atoms with Gasteiger partial charge in [-0.2, -0.15) is 0 Å². The highest BCUT2D eigenvalue weighted by atomic mass is 19.1. The summed E-state index contributed by atoms with van der Waals surface area (Å²) in [5, 5.41) is 3.54. The number of aromatic nitrogens is 2. The van der Waals surface area contributed by atoms with Crippen molar-refractivity contribution in [3.8, 4) is 11.3 Å². The molecule has 1 amide bonds. The normalized spacial score (nSPS) is 11.9. The molecule has 0 fully saturated rings. The lowest BCUT2D eigenvalue weighted by Crippen LogP contribution is -2.27. The van der Waals surface area contributed by atoms with Crippen LogP contribution < -0.4 is 5.32 Å². The molecule has 0 aliphatic heterocycles. The zero-order chi connectivity index (χ0) is 19.5. The van der Waals surface area contributed by atoms with Crippen LogP contribution in [0.4, 0.5) is 4.39 Å². The maximum atomic E-state index is 14.1. The summed E-state index contributed by atoms with van der Waals surface area (Å²) in [4.78, 5) is 21.8. The van der Waals surface area contributed by atoms with Crippen LogP contribution in [-0.2, 0) is 0 Å². The first kappa shape index (κ1) is 17.8. The molecule has 0 saturated carbocycles. The molecule has 2 aromatic carbocycles. The lowest BCUT2D eigenvalue weighted by molar-refractivity contribution is 0.0941. The molecule has 0 aliphatic carbocycles. The standard InChI is InChI=1S/C23H18FN3O/c1-15(17-9-5-6-10-20(17)24)26-23(28)18-13-22(16-7-3-2-4-8-16)27-21-11-12-25-14-19(18)21/h2-15H,1H3,(H,26,28). The van der Waals surface area contributed by atoms with Gasteiger partial charge in [-0.3, -0.25) is 9.78 Å². The zero-order valence-electron chi connectivity index (χ0n) is 15.3. The van der Waals surface area contributed by atoms with Gasteiger partial charge in [0.25, 0.3) is 5.91 Å². The number of rotatable bonds is 4. The minimum Gasteiger partial charge on any atom is -0.345 e. The molecular formula is C23H18FN3O. The summed E-state index contributed by atoms with van der Waals surface area (Å²) in [6, 6.07) is 19.1. The van der Waals surface area contributed by atoms with E-state index in [1.54, 1.807) is 49.6 Å². The van der Waals surface area contributed by atoms with E-state index in [-0.39, 0.29) is 11.7 Å². The summed E-state index contributed by atoms with van der Waals surface area (Å²) in [5.41, 5.74) is 3.19. The smallest absolute Gasteiger partial charge is 0.252 e. The number of halogens is 1. The molecule has 0 spiro atoms. The molecule has 0 bridgehead atoms. The Morgan fingerprint density at radius 2 is 1.79 bits per heavy atom. The molecular weight excluding hydrogens is 353 g/mol. The Balaban J connectivity index is 1.75. The number of hydrogen-bond acceptors (Lipinski definition) is 3. The lowest BCUT2D eigenvalue weighted by atomic mass is 10.0. The highest BCUT2D eigenvalue weighted by molar-refractivity contribution is 6.07. The predicted octanol–water partition coefficient (Wildman–Crippen LogP) is 4.93. The van der Waals surface area contributed by atoms with Crippen LogP contribution in [0, 0.1) is 5.82 Å². The van der Waals surface area contributed by atoms with Gasteiger partial charge in [-0.05, 0) is 25.1 Å². The maximum Gasteiger partial charge on any atom is 0.252 e. The summed E-state index contributed by atoms with van der Waals surface area (Å²) in [6.07, 6.45) is 3.27. The fourth-order valence-electron chi connectivity index (χ4n) is 3.19. The molecule has 28 heavy (non-hydrogen) atoms. The van der Waals surface area contributed by atoms with E-state index in [1.165, 1.54) is 6.07 Å². The quantitative estimate of drug-likeness (QED) is 0.554. The first-order valence-electron chi connectivity index (χ1n) is 8.99. The van der Waals surface area contributed by atoms with Crippen molar-refractivity contribution in [1.29, 1.82) is 0 Å². The molecule has 2 aromatic heterocycles. The average Bonchev–Trinajstić information content (AvgIpc) is 2.73. The van der Waals surface area contributed by atoms with E-state index in [0.29, 0.717) is 27.7 Å². The van der Waals surface area contributed by atoms with Gasteiger partial charge in [0.1, 0.15) is 5.82 Å². The molecule has 0 aliphatic rings. The second kappa shape index (κ2) is 7.56. The van der Waals surface area contributed by atoms with Crippen molar-refractivity contribution in [2.24, 2.45) is 0 Å². The van der Waals surface area contributed by atoms with E-state index in [0.717, 1.165) is 5.56 Å². The number of carbonyl (C=O) groups is 1. The number of nitrogens with zero attached hydrogens (tertiary/aromatic N) is 2. The van der Waals surface area contributed by atoms with Gasteiger partial charge < -0.3 is 5.32 Å². The molecule has 2 heterocycles. The molecule has 4 aromatic rings. The van der Waals surface area contributed by atoms with Crippen molar-refractivity contribution in [3.63, 3.8) is 0 Å². The highest BCUT2D eigenvalue weighted by Gasteiger charge is 2.18. The van der Waals surface area contributed by atoms with Gasteiger partial charge in [0.05, 0.1) is 22.8 Å². The summed E-state index contributed by atoms with van der Waals surface area (Å²) in [6.45, 7) is 1.76. The topological polar surface area (TPSA) is 54.9 Å². The predicted molar refractivity (Wildman–Crippen MR) is 107 cm³/mol. The molecule has 138 valence electrons. The van der Waals surface area contributed by atoms with Crippen LogP contribution in [-0.4, -0.2) is 15.9 Å². The highest BCUT2D eigenvalue weighted by Crippen LogP contribution is 2.25. The number of fused-ring (bicyclic) bond motifs is 1. The molecule has 4 rings (SSSR count). The molecule has 4 nitrogen and oxygen atoms in total. The second-order valence-corrected chi connectivity index (χ2v) is 6.53. The first-order chi connectivity index (χ1) is 13.6. The molecule has 0 radical (unpaired) electrons. The Labute approximate surface area is 162 Å². The van der Waals surface area contributed by atoms with E-state index in [1.807, 2.05) is 30.3 Å². The van der Waals surface area contributed by atoms with Crippen LogP contribution in [0.3, 0.4) is 0 Å². The monoisotopic (exact) mass is 371 g/mol. The molecule has 0 saturated heterocycles. The number of carbonyl (C=O) groups excluding carboxylic acids is 1. The Hall–Kier alpha value is -3.60. The summed E-state index contributed by atoms with van der Waals surface area (Å²) in [5.74, 6) is -0.644. The Bertz CT molecular complexity index is 1140. The SMILES string of the molecule is CC(NC(=O)c1cc(-c2ccccc2)nc2ccncc12)c1ccccc1F. The third-order valence-electron chi connectivity index (χ3n) is 4.64. The summed E-state index contributed by atoms with van der Waals surface area (Å²) in [7, 11) is 0. The number of hydrogen-bond donors (Lipinski definition) is 1. The van der Waals surface area contributed by atoms with Crippen molar-refractivity contribution in [2.45, 2.75) is 13.0 Å². The van der Waals surface area contributed by atoms with E-state index in [9.17, 15) is 9.18 Å². The number of pyridine rings is 2. The second-order valence-electron chi connectivity index (χ2n) is 6.53. The van der Waals surface area contributed by atoms with Crippen molar-refractivity contribution in [3.05, 3.63) is 96.1 Å². The maximum absolute atomic E-state index is 14.1. The fraction of sp³-hybridized carbons (Fsp3) is 0.0870. The average molecular weight is 371 g/mol. The van der Waals surface area contributed by atoms with Crippen LogP contribution in [0.1, 0.15) is 28.9 Å². The van der Waals surface area contributed by atoms with E-state index < -0.39 is 6.04 Å². The van der Waals surface area contributed by atoms with Crippen LogP contribution in [0.2, 0.25) is 0 Å². The lowest BCUT2D eigenvalue weighted by Gasteiger charge is -2.16. The fourth-order valence-corrected chi connectivity index (χ4v) is 3.19. The van der Waals surface area contributed by atoms with Crippen molar-refractivity contribution >= 4 is 16.8 Å². The third-order valence-corrected chi connectivity index (χ3v) is 4.64. The number of amides is 1. The summed E-state index contributed by atoms with van der Waals surface area (Å²) >= 11 is 0. The Morgan fingerprint density at radius 1 is 1.04 bits per heavy atom. The van der Waals surface area contributed by atoms with Gasteiger partial charge >= 0.3 is 0 Å². The molecule has 1 N–H and O–H groups in total. The van der Waals surface area contributed by atoms with Crippen LogP contribution in [0.5, 0.6) is 0 Å².